The van der Waals surface area contributed by atoms with E-state index in [1.54, 1.807) is 7.11 Å². The number of rotatable bonds is 6. The Morgan fingerprint density at radius 1 is 1.20 bits per heavy atom. The molecule has 2 rings (SSSR count). The topological polar surface area (TPSA) is 26.3 Å². The summed E-state index contributed by atoms with van der Waals surface area (Å²) in [6.07, 6.45) is 7.59. The molecule has 1 aromatic rings. The Labute approximate surface area is 122 Å². The zero-order chi connectivity index (χ0) is 14.4. The van der Waals surface area contributed by atoms with Crippen LogP contribution in [0.4, 0.5) is 0 Å². The van der Waals surface area contributed by atoms with Crippen molar-refractivity contribution in [2.75, 3.05) is 7.11 Å². The Balaban J connectivity index is 1.87. The molecule has 2 heteroatoms. The van der Waals surface area contributed by atoms with E-state index >= 15 is 0 Å². The number of ether oxygens (including phenoxy) is 1. The molecule has 0 bridgehead atoms. The van der Waals surface area contributed by atoms with Gasteiger partial charge in [0.2, 0.25) is 0 Å². The van der Waals surface area contributed by atoms with Gasteiger partial charge >= 0.3 is 0 Å². The minimum atomic E-state index is 0.326. The van der Waals surface area contributed by atoms with Crippen LogP contribution in [0.25, 0.3) is 0 Å². The lowest BCUT2D eigenvalue weighted by molar-refractivity contribution is -0.125. The molecule has 0 N–H and O–H groups in total. The van der Waals surface area contributed by atoms with Crippen molar-refractivity contribution in [3.8, 4) is 5.75 Å². The van der Waals surface area contributed by atoms with Gasteiger partial charge in [-0.2, -0.15) is 0 Å². The molecular weight excluding hydrogens is 248 g/mol. The second kappa shape index (κ2) is 7.47. The molecule has 0 spiro atoms. The minimum Gasteiger partial charge on any atom is -0.497 e. The van der Waals surface area contributed by atoms with Crippen LogP contribution >= 0.6 is 0 Å². The van der Waals surface area contributed by atoms with Crippen LogP contribution in [0.15, 0.2) is 24.3 Å². The highest BCUT2D eigenvalue weighted by molar-refractivity contribution is 5.81. The van der Waals surface area contributed by atoms with E-state index in [0.29, 0.717) is 24.0 Å². The molecule has 0 heterocycles. The molecule has 2 unspecified atom stereocenters. The van der Waals surface area contributed by atoms with E-state index in [4.69, 9.17) is 4.74 Å². The predicted molar refractivity (Wildman–Crippen MR) is 82.1 cm³/mol. The maximum absolute atomic E-state index is 12.4. The third kappa shape index (κ3) is 3.84. The van der Waals surface area contributed by atoms with Gasteiger partial charge in [-0.3, -0.25) is 4.79 Å². The number of carbonyl (C=O) groups excluding carboxylic acids is 1. The molecule has 0 amide bonds. The summed E-state index contributed by atoms with van der Waals surface area (Å²) in [5, 5.41) is 0. The molecule has 1 aliphatic carbocycles. The number of hydrogen-bond acceptors (Lipinski definition) is 2. The van der Waals surface area contributed by atoms with Crippen LogP contribution in [0.5, 0.6) is 5.75 Å². The van der Waals surface area contributed by atoms with Crippen molar-refractivity contribution < 1.29 is 9.53 Å². The second-order valence-corrected chi connectivity index (χ2v) is 5.87. The van der Waals surface area contributed by atoms with E-state index in [2.05, 4.69) is 19.1 Å². The molecule has 0 aromatic heterocycles. The monoisotopic (exact) mass is 274 g/mol. The van der Waals surface area contributed by atoms with Crippen LogP contribution < -0.4 is 4.74 Å². The molecule has 0 radical (unpaired) electrons. The van der Waals surface area contributed by atoms with Gasteiger partial charge in [-0.15, -0.1) is 0 Å². The van der Waals surface area contributed by atoms with E-state index in [0.717, 1.165) is 25.0 Å². The van der Waals surface area contributed by atoms with Gasteiger partial charge in [-0.05, 0) is 42.9 Å². The fourth-order valence-corrected chi connectivity index (χ4v) is 3.37. The van der Waals surface area contributed by atoms with Crippen molar-refractivity contribution in [2.45, 2.75) is 51.9 Å². The minimum absolute atomic E-state index is 0.326. The van der Waals surface area contributed by atoms with Crippen LogP contribution in [0.2, 0.25) is 0 Å². The molecule has 0 saturated heterocycles. The summed E-state index contributed by atoms with van der Waals surface area (Å²) in [5.74, 6) is 2.31. The van der Waals surface area contributed by atoms with E-state index in [-0.39, 0.29) is 0 Å². The average molecular weight is 274 g/mol. The first-order valence-electron chi connectivity index (χ1n) is 7.90. The van der Waals surface area contributed by atoms with Crippen LogP contribution in [0.3, 0.4) is 0 Å². The van der Waals surface area contributed by atoms with Gasteiger partial charge in [0.15, 0.2) is 0 Å². The lowest BCUT2D eigenvalue weighted by Gasteiger charge is -2.29. The number of Topliss-reactive ketones (excluding diaryl/α,β-unsaturated/α-hetero) is 1. The van der Waals surface area contributed by atoms with Crippen molar-refractivity contribution >= 4 is 5.78 Å². The normalized spacial score (nSPS) is 22.5. The molecule has 110 valence electrons. The number of carbonyl (C=O) groups is 1. The first-order valence-corrected chi connectivity index (χ1v) is 7.90. The highest BCUT2D eigenvalue weighted by Crippen LogP contribution is 2.33. The SMILES string of the molecule is CCC1CCCCC1C(=O)CCc1ccc(OC)cc1. The van der Waals surface area contributed by atoms with Crippen LogP contribution in [0, 0.1) is 11.8 Å². The lowest BCUT2D eigenvalue weighted by Crippen LogP contribution is -2.27. The fourth-order valence-electron chi connectivity index (χ4n) is 3.37. The van der Waals surface area contributed by atoms with E-state index in [9.17, 15) is 4.79 Å². The zero-order valence-corrected chi connectivity index (χ0v) is 12.7. The fraction of sp³-hybridized carbons (Fsp3) is 0.611. The molecule has 1 fully saturated rings. The summed E-state index contributed by atoms with van der Waals surface area (Å²) in [4.78, 5) is 12.4. The van der Waals surface area contributed by atoms with Crippen molar-refractivity contribution in [3.05, 3.63) is 29.8 Å². The maximum Gasteiger partial charge on any atom is 0.136 e. The second-order valence-electron chi connectivity index (χ2n) is 5.87. The Morgan fingerprint density at radius 3 is 2.55 bits per heavy atom. The molecule has 1 aliphatic rings. The van der Waals surface area contributed by atoms with Crippen LogP contribution in [0.1, 0.15) is 51.0 Å². The Morgan fingerprint density at radius 2 is 1.90 bits per heavy atom. The largest absolute Gasteiger partial charge is 0.497 e. The molecule has 2 nitrogen and oxygen atoms in total. The maximum atomic E-state index is 12.4. The number of aryl methyl sites for hydroxylation is 1. The standard InChI is InChI=1S/C18H26O2/c1-3-15-6-4-5-7-17(15)18(19)13-10-14-8-11-16(20-2)12-9-14/h8-9,11-12,15,17H,3-7,10,13H2,1-2H3. The first kappa shape index (κ1) is 15.1. The predicted octanol–water partition coefficient (Wildman–Crippen LogP) is 4.41. The number of hydrogen-bond donors (Lipinski definition) is 0. The smallest absolute Gasteiger partial charge is 0.136 e. The zero-order valence-electron chi connectivity index (χ0n) is 12.7. The summed E-state index contributed by atoms with van der Waals surface area (Å²) in [5.41, 5.74) is 1.23. The summed E-state index contributed by atoms with van der Waals surface area (Å²) in [6, 6.07) is 8.05. The van der Waals surface area contributed by atoms with Crippen molar-refractivity contribution in [1.82, 2.24) is 0 Å². The molecule has 20 heavy (non-hydrogen) atoms. The number of ketones is 1. The van der Waals surface area contributed by atoms with Crippen molar-refractivity contribution in [1.29, 1.82) is 0 Å². The van der Waals surface area contributed by atoms with Gasteiger partial charge in [0.1, 0.15) is 11.5 Å². The third-order valence-electron chi connectivity index (χ3n) is 4.67. The summed E-state index contributed by atoms with van der Waals surface area (Å²) in [6.45, 7) is 2.22. The summed E-state index contributed by atoms with van der Waals surface area (Å²) >= 11 is 0. The van der Waals surface area contributed by atoms with Crippen molar-refractivity contribution in [3.63, 3.8) is 0 Å². The average Bonchev–Trinajstić information content (AvgIpc) is 2.53. The molecule has 1 saturated carbocycles. The van der Waals surface area contributed by atoms with Crippen LogP contribution in [-0.2, 0) is 11.2 Å². The van der Waals surface area contributed by atoms with Gasteiger partial charge in [0, 0.05) is 12.3 Å². The number of benzene rings is 1. The van der Waals surface area contributed by atoms with E-state index in [1.807, 2.05) is 12.1 Å². The van der Waals surface area contributed by atoms with Crippen molar-refractivity contribution in [2.24, 2.45) is 11.8 Å². The first-order chi connectivity index (χ1) is 9.74. The van der Waals surface area contributed by atoms with Gasteiger partial charge in [-0.25, -0.2) is 0 Å². The molecule has 1 aromatic carbocycles. The van der Waals surface area contributed by atoms with Gasteiger partial charge in [-0.1, -0.05) is 38.3 Å². The van der Waals surface area contributed by atoms with E-state index < -0.39 is 0 Å². The van der Waals surface area contributed by atoms with Gasteiger partial charge < -0.3 is 4.74 Å². The molecule has 2 atom stereocenters. The highest BCUT2D eigenvalue weighted by Gasteiger charge is 2.28. The Bertz CT molecular complexity index is 422. The molecular formula is C18H26O2. The Kier molecular flexibility index (Phi) is 5.63. The van der Waals surface area contributed by atoms with Gasteiger partial charge in [0.25, 0.3) is 0 Å². The van der Waals surface area contributed by atoms with Crippen LogP contribution in [-0.4, -0.2) is 12.9 Å². The van der Waals surface area contributed by atoms with E-state index in [1.165, 1.54) is 24.8 Å². The summed E-state index contributed by atoms with van der Waals surface area (Å²) in [7, 11) is 1.67. The number of methoxy groups -OCH3 is 1. The summed E-state index contributed by atoms with van der Waals surface area (Å²) < 4.78 is 5.15. The third-order valence-corrected chi connectivity index (χ3v) is 4.67. The molecule has 0 aliphatic heterocycles. The Hall–Kier alpha value is -1.31. The lowest BCUT2D eigenvalue weighted by atomic mass is 9.75. The quantitative estimate of drug-likeness (QED) is 0.768. The van der Waals surface area contributed by atoms with Gasteiger partial charge in [0.05, 0.1) is 7.11 Å². The highest BCUT2D eigenvalue weighted by atomic mass is 16.5.